The maximum absolute atomic E-state index is 13.7. The lowest BCUT2D eigenvalue weighted by Gasteiger charge is -2.27. The van der Waals surface area contributed by atoms with E-state index in [9.17, 15) is 9.59 Å². The number of pyridine rings is 2. The Kier molecular flexibility index (Phi) is 6.71. The van der Waals surface area contributed by atoms with E-state index < -0.39 is 5.91 Å². The minimum absolute atomic E-state index is 0.143. The van der Waals surface area contributed by atoms with Crippen molar-refractivity contribution in [1.29, 1.82) is 0 Å². The number of carbonyl (C=O) groups is 1. The van der Waals surface area contributed by atoms with Crippen LogP contribution in [-0.4, -0.2) is 64.7 Å². The Balaban J connectivity index is 1.32. The molecule has 1 fully saturated rings. The molecule has 1 aliphatic heterocycles. The number of amides is 1. The Hall–Kier alpha value is -3.93. The van der Waals surface area contributed by atoms with Crippen molar-refractivity contribution in [2.75, 3.05) is 44.3 Å². The van der Waals surface area contributed by atoms with Gasteiger partial charge in [0, 0.05) is 45.1 Å². The molecule has 0 aliphatic carbocycles. The van der Waals surface area contributed by atoms with Gasteiger partial charge in [-0.2, -0.15) is 0 Å². The molecule has 6 rings (SSSR count). The summed E-state index contributed by atoms with van der Waals surface area (Å²) in [6.45, 7) is 6.09. The number of benzene rings is 1. The Morgan fingerprint density at radius 1 is 1.08 bits per heavy atom. The molecule has 1 aromatic carbocycles. The molecule has 0 spiro atoms. The number of aromatic nitrogens is 4. The van der Waals surface area contributed by atoms with Crippen LogP contribution in [0.3, 0.4) is 0 Å². The van der Waals surface area contributed by atoms with Crippen LogP contribution < -0.4 is 21.0 Å². The van der Waals surface area contributed by atoms with Gasteiger partial charge in [0.15, 0.2) is 5.65 Å². The van der Waals surface area contributed by atoms with Crippen molar-refractivity contribution in [3.8, 4) is 0 Å². The summed E-state index contributed by atoms with van der Waals surface area (Å²) in [6, 6.07) is 11.5. The van der Waals surface area contributed by atoms with E-state index in [0.717, 1.165) is 40.5 Å². The summed E-state index contributed by atoms with van der Waals surface area (Å²) >= 11 is 1.43. The van der Waals surface area contributed by atoms with Crippen molar-refractivity contribution < 1.29 is 9.53 Å². The molecule has 1 amide bonds. The van der Waals surface area contributed by atoms with Crippen molar-refractivity contribution in [1.82, 2.24) is 30.0 Å². The van der Waals surface area contributed by atoms with Crippen molar-refractivity contribution in [2.24, 2.45) is 0 Å². The number of para-hydroxylation sites is 1. The van der Waals surface area contributed by atoms with E-state index in [1.54, 1.807) is 18.5 Å². The Labute approximate surface area is 222 Å². The number of nitrogens with one attached hydrogen (secondary N) is 2. The lowest BCUT2D eigenvalue weighted by Crippen LogP contribution is -2.37. The summed E-state index contributed by atoms with van der Waals surface area (Å²) in [6.07, 6.45) is 3.45. The highest BCUT2D eigenvalue weighted by molar-refractivity contribution is 7.24. The van der Waals surface area contributed by atoms with Crippen LogP contribution in [0, 0.1) is 6.92 Å². The second-order valence-corrected chi connectivity index (χ2v) is 10.2. The fourth-order valence-corrected chi connectivity index (χ4v) is 5.81. The lowest BCUT2D eigenvalue weighted by molar-refractivity contribution is 0.0954. The summed E-state index contributed by atoms with van der Waals surface area (Å²) in [7, 11) is 0. The Morgan fingerprint density at radius 3 is 2.74 bits per heavy atom. The number of ether oxygens (including phenoxy) is 1. The molecule has 2 N–H and O–H groups in total. The van der Waals surface area contributed by atoms with E-state index in [0.29, 0.717) is 48.7 Å². The molecule has 0 atom stereocenters. The number of nitrogens with zero attached hydrogens (tertiary/aromatic N) is 5. The highest BCUT2D eigenvalue weighted by Gasteiger charge is 2.23. The summed E-state index contributed by atoms with van der Waals surface area (Å²) < 4.78 is 8.41. The highest BCUT2D eigenvalue weighted by Crippen LogP contribution is 2.31. The summed E-state index contributed by atoms with van der Waals surface area (Å²) in [5, 5.41) is 6.58. The van der Waals surface area contributed by atoms with Gasteiger partial charge in [-0.15, -0.1) is 11.3 Å². The summed E-state index contributed by atoms with van der Waals surface area (Å²) in [4.78, 5) is 43.3. The topological polar surface area (TPSA) is 114 Å². The van der Waals surface area contributed by atoms with Gasteiger partial charge in [-0.25, -0.2) is 4.98 Å². The van der Waals surface area contributed by atoms with Crippen molar-refractivity contribution >= 4 is 49.1 Å². The first-order valence-corrected chi connectivity index (χ1v) is 13.4. The van der Waals surface area contributed by atoms with Crippen LogP contribution >= 0.6 is 11.3 Å². The van der Waals surface area contributed by atoms with Crippen LogP contribution in [0.4, 0.5) is 5.82 Å². The zero-order valence-electron chi connectivity index (χ0n) is 20.9. The van der Waals surface area contributed by atoms with Crippen LogP contribution in [0.15, 0.2) is 53.6 Å². The number of hydrogen-bond donors (Lipinski definition) is 2. The maximum atomic E-state index is 13.7. The van der Waals surface area contributed by atoms with Crippen LogP contribution in [-0.2, 0) is 11.3 Å². The number of carbonyl (C=O) groups excluding carboxylic acids is 1. The normalized spacial score (nSPS) is 14.0. The van der Waals surface area contributed by atoms with E-state index in [-0.39, 0.29) is 11.0 Å². The fraction of sp³-hybridized carbons (Fsp3) is 0.296. The second kappa shape index (κ2) is 10.4. The Morgan fingerprint density at radius 2 is 1.92 bits per heavy atom. The third-order valence-electron chi connectivity index (χ3n) is 6.56. The first-order chi connectivity index (χ1) is 18.6. The molecule has 0 saturated carbocycles. The number of hydrogen-bond acceptors (Lipinski definition) is 9. The van der Waals surface area contributed by atoms with Crippen molar-refractivity contribution in [2.45, 2.75) is 13.5 Å². The average Bonchev–Trinajstić information content (AvgIpc) is 3.33. The molecule has 10 nitrogen and oxygen atoms in total. The average molecular weight is 530 g/mol. The van der Waals surface area contributed by atoms with E-state index in [1.807, 2.05) is 41.7 Å². The summed E-state index contributed by atoms with van der Waals surface area (Å²) in [5.74, 6) is 0.404. The first kappa shape index (κ1) is 24.4. The van der Waals surface area contributed by atoms with Gasteiger partial charge in [0.1, 0.15) is 16.2 Å². The number of morpholine rings is 1. The molecule has 1 saturated heterocycles. The smallest absolute Gasteiger partial charge is 0.258 e. The predicted molar refractivity (Wildman–Crippen MR) is 148 cm³/mol. The van der Waals surface area contributed by atoms with Crippen LogP contribution in [0.2, 0.25) is 0 Å². The first-order valence-electron chi connectivity index (χ1n) is 12.6. The van der Waals surface area contributed by atoms with Crippen molar-refractivity contribution in [3.05, 3.63) is 76.0 Å². The highest BCUT2D eigenvalue weighted by atomic mass is 32.1. The summed E-state index contributed by atoms with van der Waals surface area (Å²) in [5.41, 5.74) is 2.99. The molecule has 38 heavy (non-hydrogen) atoms. The minimum atomic E-state index is -0.393. The van der Waals surface area contributed by atoms with E-state index in [1.165, 1.54) is 11.3 Å². The molecule has 5 heterocycles. The fourth-order valence-electron chi connectivity index (χ4n) is 4.63. The van der Waals surface area contributed by atoms with Gasteiger partial charge >= 0.3 is 0 Å². The minimum Gasteiger partial charge on any atom is -0.378 e. The lowest BCUT2D eigenvalue weighted by atomic mass is 10.1. The molecule has 194 valence electrons. The molecule has 0 unspecified atom stereocenters. The van der Waals surface area contributed by atoms with Gasteiger partial charge in [0.25, 0.3) is 5.91 Å². The predicted octanol–water partition coefficient (Wildman–Crippen LogP) is 2.52. The molecule has 0 bridgehead atoms. The number of anilines is 1. The third kappa shape index (κ3) is 4.60. The molecule has 4 aromatic heterocycles. The van der Waals surface area contributed by atoms with Crippen LogP contribution in [0.1, 0.15) is 21.7 Å². The third-order valence-corrected chi connectivity index (χ3v) is 7.71. The van der Waals surface area contributed by atoms with Gasteiger partial charge in [0.05, 0.1) is 40.2 Å². The quantitative estimate of drug-likeness (QED) is 0.309. The standard InChI is InChI=1S/C27H27N7O3S/c1-17-14-31-18(16-30-17)15-28-8-9-29-26(36)23-24(35)19-6-7-22(33-10-12-37-13-11-33)32-25(19)34-20-4-2-3-5-21(20)38-27(23)34/h2-7,14,16,28H,8-13,15H2,1H3,(H,29,36). The number of aryl methyl sites for hydroxylation is 1. The zero-order valence-corrected chi connectivity index (χ0v) is 21.8. The molecule has 11 heteroatoms. The molecule has 0 radical (unpaired) electrons. The van der Waals surface area contributed by atoms with Gasteiger partial charge in [-0.3, -0.25) is 24.0 Å². The van der Waals surface area contributed by atoms with Gasteiger partial charge < -0.3 is 20.3 Å². The second-order valence-electron chi connectivity index (χ2n) is 9.14. The molecular formula is C27H27N7O3S. The van der Waals surface area contributed by atoms with E-state index in [4.69, 9.17) is 9.72 Å². The monoisotopic (exact) mass is 529 g/mol. The van der Waals surface area contributed by atoms with Gasteiger partial charge in [-0.1, -0.05) is 12.1 Å². The van der Waals surface area contributed by atoms with E-state index >= 15 is 0 Å². The van der Waals surface area contributed by atoms with Gasteiger partial charge in [0.2, 0.25) is 5.43 Å². The number of fused-ring (bicyclic) bond motifs is 5. The van der Waals surface area contributed by atoms with Crippen LogP contribution in [0.25, 0.3) is 26.1 Å². The largest absolute Gasteiger partial charge is 0.378 e. The zero-order chi connectivity index (χ0) is 26.1. The number of thiazole rings is 1. The van der Waals surface area contributed by atoms with E-state index in [2.05, 4.69) is 25.5 Å². The molecule has 5 aromatic rings. The molecular weight excluding hydrogens is 502 g/mol. The Bertz CT molecular complexity index is 1690. The SMILES string of the molecule is Cc1cnc(CNCCNC(=O)c2c(=O)c3ccc(N4CCOCC4)nc3n3c2sc2ccccc23)cn1. The van der Waals surface area contributed by atoms with Crippen LogP contribution in [0.5, 0.6) is 0 Å². The maximum Gasteiger partial charge on any atom is 0.258 e. The number of rotatable bonds is 7. The van der Waals surface area contributed by atoms with Crippen molar-refractivity contribution in [3.63, 3.8) is 0 Å². The van der Waals surface area contributed by atoms with Gasteiger partial charge in [-0.05, 0) is 31.2 Å². The molecule has 1 aliphatic rings.